The SMILES string of the molecule is COc1cccc(NC(=O)CN2C(=O)N(CCC(=O)NCc3ccccc3OC)C(=O)C3CCCCC32)c1. The Morgan fingerprint density at radius 2 is 1.76 bits per heavy atom. The van der Waals surface area contributed by atoms with Crippen LogP contribution in [0.3, 0.4) is 0 Å². The molecule has 0 bridgehead atoms. The maximum absolute atomic E-state index is 13.4. The molecule has 1 aliphatic carbocycles. The fraction of sp³-hybridized carbons (Fsp3) is 0.429. The number of amides is 5. The maximum atomic E-state index is 13.4. The first-order valence-corrected chi connectivity index (χ1v) is 12.9. The van der Waals surface area contributed by atoms with E-state index in [1.165, 1.54) is 4.90 Å². The van der Waals surface area contributed by atoms with Gasteiger partial charge in [0.1, 0.15) is 18.0 Å². The molecule has 2 aromatic carbocycles. The fourth-order valence-corrected chi connectivity index (χ4v) is 5.16. The van der Waals surface area contributed by atoms with Crippen molar-refractivity contribution in [1.29, 1.82) is 0 Å². The Labute approximate surface area is 222 Å². The summed E-state index contributed by atoms with van der Waals surface area (Å²) in [6, 6.07) is 13.5. The standard InChI is InChI=1S/C28H34N4O6/c1-37-21-10-7-9-20(16-21)30-26(34)18-32-23-12-5-4-11-22(23)27(35)31(28(32)36)15-14-25(33)29-17-19-8-3-6-13-24(19)38-2/h3,6-10,13,16,22-23H,4-5,11-12,14-15,17-18H2,1-2H3,(H,29,33)(H,30,34). The molecule has 2 unspecified atom stereocenters. The second-order valence-electron chi connectivity index (χ2n) is 9.48. The number of fused-ring (bicyclic) bond motifs is 1. The number of urea groups is 1. The molecule has 2 aromatic rings. The van der Waals surface area contributed by atoms with Crippen LogP contribution in [0.2, 0.25) is 0 Å². The highest BCUT2D eigenvalue weighted by Crippen LogP contribution is 2.34. The average molecular weight is 523 g/mol. The number of nitrogens with zero attached hydrogens (tertiary/aromatic N) is 2. The predicted molar refractivity (Wildman–Crippen MR) is 141 cm³/mol. The van der Waals surface area contributed by atoms with Crippen LogP contribution in [0, 0.1) is 5.92 Å². The van der Waals surface area contributed by atoms with Crippen LogP contribution in [0.4, 0.5) is 10.5 Å². The summed E-state index contributed by atoms with van der Waals surface area (Å²) in [5.41, 5.74) is 1.38. The molecule has 1 heterocycles. The number of carbonyl (C=O) groups is 4. The summed E-state index contributed by atoms with van der Waals surface area (Å²) in [7, 11) is 3.11. The minimum absolute atomic E-state index is 0.0339. The lowest BCUT2D eigenvalue weighted by molar-refractivity contribution is -0.142. The Morgan fingerprint density at radius 3 is 2.55 bits per heavy atom. The number of nitrogens with one attached hydrogen (secondary N) is 2. The van der Waals surface area contributed by atoms with E-state index in [-0.39, 0.29) is 55.7 Å². The molecular weight excluding hydrogens is 488 g/mol. The van der Waals surface area contributed by atoms with Crippen LogP contribution in [0.5, 0.6) is 11.5 Å². The van der Waals surface area contributed by atoms with Gasteiger partial charge in [-0.1, -0.05) is 37.1 Å². The summed E-state index contributed by atoms with van der Waals surface area (Å²) in [4.78, 5) is 54.8. The van der Waals surface area contributed by atoms with Crippen molar-refractivity contribution >= 4 is 29.4 Å². The van der Waals surface area contributed by atoms with Crippen LogP contribution >= 0.6 is 0 Å². The molecule has 2 fully saturated rings. The number of benzene rings is 2. The normalized spacial score (nSPS) is 19.0. The lowest BCUT2D eigenvalue weighted by Gasteiger charge is -2.46. The first kappa shape index (κ1) is 27.0. The van der Waals surface area contributed by atoms with E-state index in [0.29, 0.717) is 30.0 Å². The predicted octanol–water partition coefficient (Wildman–Crippen LogP) is 3.17. The second kappa shape index (κ2) is 12.4. The summed E-state index contributed by atoms with van der Waals surface area (Å²) in [6.45, 7) is 0.0413. The monoisotopic (exact) mass is 522 g/mol. The topological polar surface area (TPSA) is 117 Å². The van der Waals surface area contributed by atoms with Crippen molar-refractivity contribution in [3.63, 3.8) is 0 Å². The van der Waals surface area contributed by atoms with Crippen LogP contribution in [-0.4, -0.2) is 66.9 Å². The summed E-state index contributed by atoms with van der Waals surface area (Å²) >= 11 is 0. The van der Waals surface area contributed by atoms with Gasteiger partial charge in [0.15, 0.2) is 0 Å². The van der Waals surface area contributed by atoms with Gasteiger partial charge in [-0.3, -0.25) is 19.3 Å². The number of hydrogen-bond acceptors (Lipinski definition) is 6. The number of hydrogen-bond donors (Lipinski definition) is 2. The van der Waals surface area contributed by atoms with E-state index in [9.17, 15) is 19.2 Å². The van der Waals surface area contributed by atoms with Gasteiger partial charge in [0.25, 0.3) is 0 Å². The third kappa shape index (κ3) is 6.24. The molecule has 10 nitrogen and oxygen atoms in total. The molecular formula is C28H34N4O6. The molecule has 0 radical (unpaired) electrons. The third-order valence-electron chi connectivity index (χ3n) is 7.09. The van der Waals surface area contributed by atoms with Crippen molar-refractivity contribution in [2.45, 2.75) is 44.7 Å². The molecule has 2 aliphatic rings. The van der Waals surface area contributed by atoms with Gasteiger partial charge < -0.3 is 25.0 Å². The Hall–Kier alpha value is -4.08. The minimum atomic E-state index is -0.531. The summed E-state index contributed by atoms with van der Waals surface area (Å²) < 4.78 is 10.5. The Balaban J connectivity index is 1.39. The van der Waals surface area contributed by atoms with E-state index in [1.54, 1.807) is 38.5 Å². The first-order chi connectivity index (χ1) is 18.4. The fourth-order valence-electron chi connectivity index (χ4n) is 5.16. The van der Waals surface area contributed by atoms with Gasteiger partial charge in [0, 0.05) is 42.9 Å². The Kier molecular flexibility index (Phi) is 8.83. The molecule has 10 heteroatoms. The lowest BCUT2D eigenvalue weighted by Crippen LogP contribution is -2.63. The molecule has 1 saturated heterocycles. The van der Waals surface area contributed by atoms with Crippen LogP contribution < -0.4 is 20.1 Å². The average Bonchev–Trinajstić information content (AvgIpc) is 2.94. The number of methoxy groups -OCH3 is 2. The van der Waals surface area contributed by atoms with Crippen LogP contribution in [-0.2, 0) is 20.9 Å². The molecule has 1 saturated carbocycles. The van der Waals surface area contributed by atoms with E-state index >= 15 is 0 Å². The highest BCUT2D eigenvalue weighted by Gasteiger charge is 2.47. The van der Waals surface area contributed by atoms with Crippen LogP contribution in [0.15, 0.2) is 48.5 Å². The van der Waals surface area contributed by atoms with Gasteiger partial charge in [-0.15, -0.1) is 0 Å². The highest BCUT2D eigenvalue weighted by atomic mass is 16.5. The molecule has 38 heavy (non-hydrogen) atoms. The quantitative estimate of drug-likeness (QED) is 0.495. The first-order valence-electron chi connectivity index (χ1n) is 12.9. The molecule has 1 aliphatic heterocycles. The number of imide groups is 1. The number of rotatable bonds is 10. The summed E-state index contributed by atoms with van der Waals surface area (Å²) in [5, 5.41) is 5.63. The Morgan fingerprint density at radius 1 is 0.974 bits per heavy atom. The van der Waals surface area contributed by atoms with Gasteiger partial charge in [-0.05, 0) is 31.0 Å². The summed E-state index contributed by atoms with van der Waals surface area (Å²) in [6.07, 6.45) is 3.07. The highest BCUT2D eigenvalue weighted by molar-refractivity contribution is 6.02. The number of para-hydroxylation sites is 1. The van der Waals surface area contributed by atoms with Gasteiger partial charge >= 0.3 is 6.03 Å². The van der Waals surface area contributed by atoms with Crippen molar-refractivity contribution in [3.8, 4) is 11.5 Å². The molecule has 0 aromatic heterocycles. The van der Waals surface area contributed by atoms with Crippen molar-refractivity contribution in [2.24, 2.45) is 5.92 Å². The van der Waals surface area contributed by atoms with E-state index in [2.05, 4.69) is 10.6 Å². The van der Waals surface area contributed by atoms with Crippen molar-refractivity contribution in [3.05, 3.63) is 54.1 Å². The summed E-state index contributed by atoms with van der Waals surface area (Å²) in [5.74, 6) is -0.0147. The van der Waals surface area contributed by atoms with Gasteiger partial charge in [0.2, 0.25) is 17.7 Å². The van der Waals surface area contributed by atoms with E-state index < -0.39 is 6.03 Å². The second-order valence-corrected chi connectivity index (χ2v) is 9.48. The molecule has 5 amide bonds. The molecule has 4 rings (SSSR count). The number of ether oxygens (including phenoxy) is 2. The largest absolute Gasteiger partial charge is 0.497 e. The zero-order valence-corrected chi connectivity index (χ0v) is 21.8. The molecule has 0 spiro atoms. The smallest absolute Gasteiger partial charge is 0.327 e. The van der Waals surface area contributed by atoms with Crippen molar-refractivity contribution < 1.29 is 28.7 Å². The Bertz CT molecular complexity index is 1190. The van der Waals surface area contributed by atoms with Crippen LogP contribution in [0.1, 0.15) is 37.7 Å². The van der Waals surface area contributed by atoms with Crippen LogP contribution in [0.25, 0.3) is 0 Å². The zero-order chi connectivity index (χ0) is 27.1. The van der Waals surface area contributed by atoms with E-state index in [4.69, 9.17) is 9.47 Å². The maximum Gasteiger partial charge on any atom is 0.327 e. The van der Waals surface area contributed by atoms with E-state index in [1.807, 2.05) is 24.3 Å². The molecule has 2 atom stereocenters. The molecule has 2 N–H and O–H groups in total. The lowest BCUT2D eigenvalue weighted by atomic mass is 9.81. The zero-order valence-electron chi connectivity index (χ0n) is 21.8. The minimum Gasteiger partial charge on any atom is -0.497 e. The van der Waals surface area contributed by atoms with Gasteiger partial charge in [0.05, 0.1) is 20.1 Å². The molecule has 202 valence electrons. The van der Waals surface area contributed by atoms with E-state index in [0.717, 1.165) is 23.3 Å². The van der Waals surface area contributed by atoms with Gasteiger partial charge in [-0.2, -0.15) is 0 Å². The van der Waals surface area contributed by atoms with Crippen molar-refractivity contribution in [1.82, 2.24) is 15.1 Å². The third-order valence-corrected chi connectivity index (χ3v) is 7.09. The van der Waals surface area contributed by atoms with Gasteiger partial charge in [-0.25, -0.2) is 4.79 Å². The van der Waals surface area contributed by atoms with Crippen molar-refractivity contribution in [2.75, 3.05) is 32.6 Å². The number of anilines is 1. The number of carbonyl (C=O) groups excluding carboxylic acids is 4.